The quantitative estimate of drug-likeness (QED) is 0.612. The van der Waals surface area contributed by atoms with E-state index in [1.807, 2.05) is 24.3 Å². The summed E-state index contributed by atoms with van der Waals surface area (Å²) < 4.78 is 5.60. The van der Waals surface area contributed by atoms with Gasteiger partial charge in [0.25, 0.3) is 0 Å². The number of amides is 1. The van der Waals surface area contributed by atoms with E-state index >= 15 is 0 Å². The number of anilines is 1. The fourth-order valence-electron chi connectivity index (χ4n) is 3.32. The van der Waals surface area contributed by atoms with Gasteiger partial charge in [-0.1, -0.05) is 23.7 Å². The largest absolute Gasteiger partial charge is 0.426 e. The Morgan fingerprint density at radius 1 is 1.04 bits per heavy atom. The monoisotopic (exact) mass is 355 g/mol. The van der Waals surface area contributed by atoms with Crippen molar-refractivity contribution >= 4 is 29.2 Å². The summed E-state index contributed by atoms with van der Waals surface area (Å²) in [5, 5.41) is 0.653. The Morgan fingerprint density at radius 3 is 2.28 bits per heavy atom. The molecule has 25 heavy (non-hydrogen) atoms. The molecular weight excluding hydrogens is 338 g/mol. The highest BCUT2D eigenvalue weighted by Gasteiger charge is 2.53. The van der Waals surface area contributed by atoms with E-state index in [1.165, 1.54) is 0 Å². The first-order valence-electron chi connectivity index (χ1n) is 8.47. The molecular formula is C20H18ClNO3. The molecule has 0 unspecified atom stereocenters. The summed E-state index contributed by atoms with van der Waals surface area (Å²) in [6.07, 6.45) is 3.06. The maximum Gasteiger partial charge on any atom is 0.321 e. The van der Waals surface area contributed by atoms with Crippen LogP contribution in [0.25, 0.3) is 0 Å². The summed E-state index contributed by atoms with van der Waals surface area (Å²) in [5.74, 6) is 0.407. The van der Waals surface area contributed by atoms with Gasteiger partial charge in [0.15, 0.2) is 0 Å². The predicted octanol–water partition coefficient (Wildman–Crippen LogP) is 4.10. The Bertz CT molecular complexity index is 810. The zero-order valence-electron chi connectivity index (χ0n) is 13.7. The highest BCUT2D eigenvalue weighted by molar-refractivity contribution is 6.30. The van der Waals surface area contributed by atoms with Gasteiger partial charge in [0.05, 0.1) is 5.41 Å². The minimum Gasteiger partial charge on any atom is -0.426 e. The second-order valence-corrected chi connectivity index (χ2v) is 7.06. The smallest absolute Gasteiger partial charge is 0.321 e. The first-order chi connectivity index (χ1) is 12.1. The zero-order valence-corrected chi connectivity index (χ0v) is 14.5. The van der Waals surface area contributed by atoms with Crippen molar-refractivity contribution in [2.24, 2.45) is 0 Å². The first kappa shape index (κ1) is 16.2. The molecule has 2 aliphatic rings. The molecule has 0 N–H and O–H groups in total. The molecule has 0 bridgehead atoms. The van der Waals surface area contributed by atoms with Crippen LogP contribution in [0.3, 0.4) is 0 Å². The van der Waals surface area contributed by atoms with Crippen LogP contribution in [0, 0.1) is 0 Å². The van der Waals surface area contributed by atoms with Crippen molar-refractivity contribution in [3.8, 4) is 5.75 Å². The van der Waals surface area contributed by atoms with Crippen molar-refractivity contribution in [1.82, 2.24) is 0 Å². The van der Waals surface area contributed by atoms with Crippen LogP contribution >= 0.6 is 11.6 Å². The van der Waals surface area contributed by atoms with Crippen LogP contribution in [0.1, 0.15) is 31.2 Å². The number of hydrogen-bond acceptors (Lipinski definition) is 3. The predicted molar refractivity (Wildman–Crippen MR) is 96.0 cm³/mol. The van der Waals surface area contributed by atoms with Crippen LogP contribution in [-0.2, 0) is 15.0 Å². The van der Waals surface area contributed by atoms with E-state index in [0.717, 1.165) is 37.1 Å². The number of carbonyl (C=O) groups is 2. The molecule has 1 heterocycles. The Labute approximate surface area is 151 Å². The van der Waals surface area contributed by atoms with Gasteiger partial charge in [-0.05, 0) is 61.2 Å². The third kappa shape index (κ3) is 3.02. The summed E-state index contributed by atoms with van der Waals surface area (Å²) in [6.45, 7) is 0.748. The SMILES string of the molecule is O=C1CCCN1c1ccc(OC(=O)C2(c3ccc(Cl)cc3)CC2)cc1. The van der Waals surface area contributed by atoms with Gasteiger partial charge in [-0.25, -0.2) is 0 Å². The first-order valence-corrected chi connectivity index (χ1v) is 8.85. The molecule has 128 valence electrons. The highest BCUT2D eigenvalue weighted by atomic mass is 35.5. The van der Waals surface area contributed by atoms with E-state index < -0.39 is 5.41 Å². The minimum atomic E-state index is -0.547. The fourth-order valence-corrected chi connectivity index (χ4v) is 3.45. The lowest BCUT2D eigenvalue weighted by molar-refractivity contribution is -0.137. The van der Waals surface area contributed by atoms with E-state index in [0.29, 0.717) is 17.2 Å². The Kier molecular flexibility index (Phi) is 4.00. The molecule has 2 aromatic rings. The second-order valence-electron chi connectivity index (χ2n) is 6.62. The standard InChI is InChI=1S/C20H18ClNO3/c21-15-5-3-14(4-6-15)20(11-12-20)19(24)25-17-9-7-16(8-10-17)22-13-1-2-18(22)23/h3-10H,1-2,11-13H2. The molecule has 1 amide bonds. The average molecular weight is 356 g/mol. The number of nitrogens with zero attached hydrogens (tertiary/aromatic N) is 1. The van der Waals surface area contributed by atoms with E-state index in [9.17, 15) is 9.59 Å². The van der Waals surface area contributed by atoms with Crippen LogP contribution in [0.15, 0.2) is 48.5 Å². The molecule has 0 radical (unpaired) electrons. The third-order valence-corrected chi connectivity index (χ3v) is 5.22. The topological polar surface area (TPSA) is 46.6 Å². The zero-order chi connectivity index (χ0) is 17.4. The van der Waals surface area contributed by atoms with Gasteiger partial charge in [-0.2, -0.15) is 0 Å². The van der Waals surface area contributed by atoms with E-state index in [2.05, 4.69) is 0 Å². The van der Waals surface area contributed by atoms with Crippen molar-refractivity contribution in [3.05, 3.63) is 59.1 Å². The molecule has 1 saturated carbocycles. The second kappa shape index (κ2) is 6.19. The Balaban J connectivity index is 1.47. The molecule has 2 fully saturated rings. The maximum atomic E-state index is 12.7. The van der Waals surface area contributed by atoms with Gasteiger partial charge in [-0.3, -0.25) is 9.59 Å². The molecule has 0 aromatic heterocycles. The van der Waals surface area contributed by atoms with Crippen molar-refractivity contribution in [2.75, 3.05) is 11.4 Å². The lowest BCUT2D eigenvalue weighted by Crippen LogP contribution is -2.26. The van der Waals surface area contributed by atoms with Gasteiger partial charge in [0, 0.05) is 23.7 Å². The molecule has 5 heteroatoms. The summed E-state index contributed by atoms with van der Waals surface area (Å²) in [6, 6.07) is 14.5. The Hall–Kier alpha value is -2.33. The van der Waals surface area contributed by atoms with Crippen LogP contribution in [-0.4, -0.2) is 18.4 Å². The molecule has 4 rings (SSSR count). The molecule has 0 atom stereocenters. The number of ether oxygens (including phenoxy) is 1. The molecule has 1 aliphatic carbocycles. The summed E-state index contributed by atoms with van der Waals surface area (Å²) in [4.78, 5) is 26.2. The maximum absolute atomic E-state index is 12.7. The van der Waals surface area contributed by atoms with Crippen molar-refractivity contribution in [1.29, 1.82) is 0 Å². The van der Waals surface area contributed by atoms with Crippen LogP contribution in [0.2, 0.25) is 5.02 Å². The fraction of sp³-hybridized carbons (Fsp3) is 0.300. The van der Waals surface area contributed by atoms with Crippen molar-refractivity contribution in [2.45, 2.75) is 31.1 Å². The lowest BCUT2D eigenvalue weighted by atomic mass is 9.96. The van der Waals surface area contributed by atoms with Gasteiger partial charge in [0.1, 0.15) is 5.75 Å². The minimum absolute atomic E-state index is 0.143. The van der Waals surface area contributed by atoms with E-state index in [-0.39, 0.29) is 11.9 Å². The summed E-state index contributed by atoms with van der Waals surface area (Å²) in [7, 11) is 0. The molecule has 4 nitrogen and oxygen atoms in total. The van der Waals surface area contributed by atoms with Gasteiger partial charge < -0.3 is 9.64 Å². The van der Waals surface area contributed by atoms with Crippen LogP contribution < -0.4 is 9.64 Å². The molecule has 2 aromatic carbocycles. The van der Waals surface area contributed by atoms with Crippen molar-refractivity contribution < 1.29 is 14.3 Å². The average Bonchev–Trinajstić information content (AvgIpc) is 3.32. The number of carbonyl (C=O) groups excluding carboxylic acids is 2. The number of hydrogen-bond donors (Lipinski definition) is 0. The van der Waals surface area contributed by atoms with E-state index in [1.54, 1.807) is 29.2 Å². The summed E-state index contributed by atoms with van der Waals surface area (Å²) in [5.41, 5.74) is 1.25. The van der Waals surface area contributed by atoms with Gasteiger partial charge >= 0.3 is 5.97 Å². The van der Waals surface area contributed by atoms with E-state index in [4.69, 9.17) is 16.3 Å². The molecule has 1 aliphatic heterocycles. The molecule has 1 saturated heterocycles. The number of rotatable bonds is 4. The number of benzene rings is 2. The molecule has 0 spiro atoms. The normalized spacial score (nSPS) is 18.3. The van der Waals surface area contributed by atoms with Crippen LogP contribution in [0.4, 0.5) is 5.69 Å². The number of halogens is 1. The van der Waals surface area contributed by atoms with Crippen LogP contribution in [0.5, 0.6) is 5.75 Å². The van der Waals surface area contributed by atoms with Gasteiger partial charge in [0.2, 0.25) is 5.91 Å². The highest BCUT2D eigenvalue weighted by Crippen LogP contribution is 2.49. The number of esters is 1. The van der Waals surface area contributed by atoms with Crippen molar-refractivity contribution in [3.63, 3.8) is 0 Å². The van der Waals surface area contributed by atoms with Gasteiger partial charge in [-0.15, -0.1) is 0 Å². The summed E-state index contributed by atoms with van der Waals surface area (Å²) >= 11 is 5.93. The lowest BCUT2D eigenvalue weighted by Gasteiger charge is -2.17. The Morgan fingerprint density at radius 2 is 1.72 bits per heavy atom. The third-order valence-electron chi connectivity index (χ3n) is 4.97.